The van der Waals surface area contributed by atoms with Crippen LogP contribution in [0.15, 0.2) is 12.3 Å². The van der Waals surface area contributed by atoms with Gasteiger partial charge in [-0.15, -0.1) is 0 Å². The summed E-state index contributed by atoms with van der Waals surface area (Å²) >= 11 is 0.951. The van der Waals surface area contributed by atoms with Gasteiger partial charge in [0.15, 0.2) is 5.12 Å². The zero-order valence-electron chi connectivity index (χ0n) is 15.2. The Bertz CT molecular complexity index is 672. The third-order valence-electron chi connectivity index (χ3n) is 3.13. The second-order valence-corrected chi connectivity index (χ2v) is 7.88. The molecule has 0 bridgehead atoms. The molecule has 1 aromatic heterocycles. The van der Waals surface area contributed by atoms with E-state index in [1.54, 1.807) is 26.8 Å². The van der Waals surface area contributed by atoms with Gasteiger partial charge >= 0.3 is 12.1 Å². The lowest BCUT2D eigenvalue weighted by molar-refractivity contribution is -0.140. The molecule has 1 rings (SSSR count). The van der Waals surface area contributed by atoms with Gasteiger partial charge in [-0.1, -0.05) is 11.8 Å². The molecule has 0 saturated carbocycles. The first-order chi connectivity index (χ1) is 12.0. The van der Waals surface area contributed by atoms with Gasteiger partial charge in [0, 0.05) is 24.4 Å². The maximum atomic E-state index is 11.8. The molecule has 8 nitrogen and oxygen atoms in total. The van der Waals surface area contributed by atoms with E-state index in [9.17, 15) is 24.6 Å². The molecule has 1 amide bonds. The SMILES string of the molecule is CC(=O)SCC(Cc1cnc(NC(=O)OC(C)(C)C)c(CO)c1)C(=O)O. The third-order valence-corrected chi connectivity index (χ3v) is 4.11. The molecular weight excluding hydrogens is 360 g/mol. The largest absolute Gasteiger partial charge is 0.481 e. The number of nitrogens with zero attached hydrogens (tertiary/aromatic N) is 1. The Morgan fingerprint density at radius 2 is 2.00 bits per heavy atom. The van der Waals surface area contributed by atoms with Crippen LogP contribution in [0.4, 0.5) is 10.6 Å². The minimum absolute atomic E-state index is 0.149. The van der Waals surface area contributed by atoms with Gasteiger partial charge in [-0.05, 0) is 38.8 Å². The Hall–Kier alpha value is -2.13. The average molecular weight is 384 g/mol. The molecule has 144 valence electrons. The number of nitrogens with one attached hydrogen (secondary N) is 1. The summed E-state index contributed by atoms with van der Waals surface area (Å²) in [6, 6.07) is 1.58. The van der Waals surface area contributed by atoms with E-state index in [2.05, 4.69) is 10.3 Å². The molecule has 1 heterocycles. The lowest BCUT2D eigenvalue weighted by Gasteiger charge is -2.20. The summed E-state index contributed by atoms with van der Waals surface area (Å²) in [6.45, 7) is 6.17. The van der Waals surface area contributed by atoms with Crippen LogP contribution in [0.5, 0.6) is 0 Å². The number of ether oxygens (including phenoxy) is 1. The Morgan fingerprint density at radius 3 is 2.50 bits per heavy atom. The van der Waals surface area contributed by atoms with Crippen LogP contribution >= 0.6 is 11.8 Å². The van der Waals surface area contributed by atoms with Crippen molar-refractivity contribution in [2.75, 3.05) is 11.1 Å². The molecular formula is C17H24N2O6S. The molecule has 1 unspecified atom stereocenters. The monoisotopic (exact) mass is 384 g/mol. The third kappa shape index (κ3) is 7.83. The normalized spacial score (nSPS) is 12.3. The Morgan fingerprint density at radius 1 is 1.35 bits per heavy atom. The van der Waals surface area contributed by atoms with Crippen LogP contribution in [-0.2, 0) is 27.4 Å². The second-order valence-electron chi connectivity index (χ2n) is 6.68. The van der Waals surface area contributed by atoms with Crippen LogP contribution in [0.1, 0.15) is 38.8 Å². The summed E-state index contributed by atoms with van der Waals surface area (Å²) in [4.78, 5) is 38.3. The van der Waals surface area contributed by atoms with E-state index in [1.807, 2.05) is 0 Å². The van der Waals surface area contributed by atoms with Gasteiger partial charge in [0.1, 0.15) is 11.4 Å². The van der Waals surface area contributed by atoms with Gasteiger partial charge in [0.2, 0.25) is 0 Å². The Labute approximate surface area is 156 Å². The first-order valence-corrected chi connectivity index (χ1v) is 8.95. The lowest BCUT2D eigenvalue weighted by Crippen LogP contribution is -2.28. The smallest absolute Gasteiger partial charge is 0.413 e. The molecule has 26 heavy (non-hydrogen) atoms. The molecule has 9 heteroatoms. The summed E-state index contributed by atoms with van der Waals surface area (Å²) in [6.07, 6.45) is 0.886. The summed E-state index contributed by atoms with van der Waals surface area (Å²) < 4.78 is 5.14. The van der Waals surface area contributed by atoms with Crippen LogP contribution in [0.2, 0.25) is 0 Å². The van der Waals surface area contributed by atoms with Gasteiger partial charge in [-0.25, -0.2) is 9.78 Å². The van der Waals surface area contributed by atoms with Crippen LogP contribution in [0.3, 0.4) is 0 Å². The minimum Gasteiger partial charge on any atom is -0.481 e. The number of amides is 1. The maximum Gasteiger partial charge on any atom is 0.413 e. The van der Waals surface area contributed by atoms with Crippen molar-refractivity contribution in [2.45, 2.75) is 46.3 Å². The van der Waals surface area contributed by atoms with Crippen LogP contribution in [-0.4, -0.2) is 43.7 Å². The number of aromatic nitrogens is 1. The fourth-order valence-electron chi connectivity index (χ4n) is 2.02. The summed E-state index contributed by atoms with van der Waals surface area (Å²) in [5.74, 6) is -1.48. The number of hydrogen-bond acceptors (Lipinski definition) is 7. The van der Waals surface area contributed by atoms with Crippen molar-refractivity contribution in [1.82, 2.24) is 4.98 Å². The number of aliphatic hydroxyl groups is 1. The summed E-state index contributed by atoms with van der Waals surface area (Å²) in [5, 5.41) is 21.1. The molecule has 1 aromatic rings. The molecule has 0 saturated heterocycles. The van der Waals surface area contributed by atoms with E-state index in [0.717, 1.165) is 11.8 Å². The van der Waals surface area contributed by atoms with Crippen molar-refractivity contribution < 1.29 is 29.3 Å². The highest BCUT2D eigenvalue weighted by Gasteiger charge is 2.21. The highest BCUT2D eigenvalue weighted by Crippen LogP contribution is 2.20. The average Bonchev–Trinajstić information content (AvgIpc) is 2.50. The highest BCUT2D eigenvalue weighted by atomic mass is 32.2. The fourth-order valence-corrected chi connectivity index (χ4v) is 2.72. The van der Waals surface area contributed by atoms with Gasteiger partial charge in [0.05, 0.1) is 12.5 Å². The lowest BCUT2D eigenvalue weighted by atomic mass is 10.0. The summed E-state index contributed by atoms with van der Waals surface area (Å²) in [5.41, 5.74) is 0.254. The second kappa shape index (κ2) is 9.54. The zero-order valence-corrected chi connectivity index (χ0v) is 16.1. The number of thioether (sulfide) groups is 1. The van der Waals surface area contributed by atoms with E-state index in [-0.39, 0.29) is 29.7 Å². The van der Waals surface area contributed by atoms with E-state index < -0.39 is 23.6 Å². The number of aliphatic hydroxyl groups excluding tert-OH is 1. The first-order valence-electron chi connectivity index (χ1n) is 7.96. The van der Waals surface area contributed by atoms with Crippen molar-refractivity contribution in [1.29, 1.82) is 0 Å². The number of anilines is 1. The van der Waals surface area contributed by atoms with Crippen LogP contribution in [0, 0.1) is 5.92 Å². The van der Waals surface area contributed by atoms with Crippen molar-refractivity contribution in [3.05, 3.63) is 23.4 Å². The van der Waals surface area contributed by atoms with Gasteiger partial charge in [0.25, 0.3) is 0 Å². The number of rotatable bonds is 7. The molecule has 0 aliphatic carbocycles. The van der Waals surface area contributed by atoms with Gasteiger partial charge in [-0.3, -0.25) is 14.9 Å². The minimum atomic E-state index is -1.01. The zero-order chi connectivity index (χ0) is 19.9. The van der Waals surface area contributed by atoms with Crippen molar-refractivity contribution >= 4 is 34.8 Å². The number of carboxylic acid groups (broad SMARTS) is 1. The predicted molar refractivity (Wildman–Crippen MR) is 98.0 cm³/mol. The Balaban J connectivity index is 2.88. The van der Waals surface area contributed by atoms with E-state index in [4.69, 9.17) is 4.74 Å². The molecule has 0 fully saturated rings. The number of aliphatic carboxylic acids is 1. The maximum absolute atomic E-state index is 11.8. The fraction of sp³-hybridized carbons (Fsp3) is 0.529. The molecule has 0 aromatic carbocycles. The van der Waals surface area contributed by atoms with Crippen molar-refractivity contribution in [3.8, 4) is 0 Å². The Kier molecular flexibility index (Phi) is 8.04. The number of carbonyl (C=O) groups is 3. The molecule has 3 N–H and O–H groups in total. The molecule has 0 aliphatic heterocycles. The number of carboxylic acids is 1. The van der Waals surface area contributed by atoms with Gasteiger partial charge < -0.3 is 14.9 Å². The van der Waals surface area contributed by atoms with Crippen molar-refractivity contribution in [2.24, 2.45) is 5.92 Å². The van der Waals surface area contributed by atoms with E-state index >= 15 is 0 Å². The standard InChI is InChI=1S/C17H24N2O6S/c1-10(21)26-9-13(15(22)23)6-11-5-12(8-20)14(18-7-11)19-16(24)25-17(2,3)4/h5,7,13,20H,6,8-9H2,1-4H3,(H,22,23)(H,18,19,24). The highest BCUT2D eigenvalue weighted by molar-refractivity contribution is 8.13. The molecule has 1 atom stereocenters. The summed E-state index contributed by atoms with van der Waals surface area (Å²) in [7, 11) is 0. The van der Waals surface area contributed by atoms with Crippen LogP contribution < -0.4 is 5.32 Å². The van der Waals surface area contributed by atoms with E-state index in [0.29, 0.717) is 11.1 Å². The number of carbonyl (C=O) groups excluding carboxylic acids is 2. The molecule has 0 aliphatic rings. The van der Waals surface area contributed by atoms with Gasteiger partial charge in [-0.2, -0.15) is 0 Å². The van der Waals surface area contributed by atoms with Crippen molar-refractivity contribution in [3.63, 3.8) is 0 Å². The topological polar surface area (TPSA) is 126 Å². The van der Waals surface area contributed by atoms with E-state index in [1.165, 1.54) is 13.1 Å². The number of hydrogen-bond donors (Lipinski definition) is 3. The predicted octanol–water partition coefficient (Wildman–Crippen LogP) is 2.44. The molecule has 0 spiro atoms. The molecule has 0 radical (unpaired) electrons. The van der Waals surface area contributed by atoms with Crippen LogP contribution in [0.25, 0.3) is 0 Å². The number of pyridine rings is 1. The first kappa shape index (κ1) is 21.9. The quantitative estimate of drug-likeness (QED) is 0.654.